The fourth-order valence-electron chi connectivity index (χ4n) is 3.08. The summed E-state index contributed by atoms with van der Waals surface area (Å²) in [6, 6.07) is 13.6. The highest BCUT2D eigenvalue weighted by Gasteiger charge is 2.19. The molecule has 2 N–H and O–H groups in total. The molecule has 1 aliphatic rings. The predicted molar refractivity (Wildman–Crippen MR) is 99.9 cm³/mol. The molecule has 0 atom stereocenters. The van der Waals surface area contributed by atoms with E-state index in [1.807, 2.05) is 12.1 Å². The molecule has 0 aliphatic carbocycles. The van der Waals surface area contributed by atoms with Gasteiger partial charge in [0.05, 0.1) is 6.54 Å². The summed E-state index contributed by atoms with van der Waals surface area (Å²) in [6.45, 7) is 4.31. The van der Waals surface area contributed by atoms with E-state index < -0.39 is 0 Å². The minimum atomic E-state index is -0.246. The Morgan fingerprint density at radius 3 is 2.31 bits per heavy atom. The van der Waals surface area contributed by atoms with Crippen LogP contribution in [-0.2, 0) is 11.2 Å². The third kappa shape index (κ3) is 5.20. The van der Waals surface area contributed by atoms with Gasteiger partial charge in [-0.25, -0.2) is 4.39 Å². The van der Waals surface area contributed by atoms with Crippen LogP contribution in [0.15, 0.2) is 48.5 Å². The largest absolute Gasteiger partial charge is 0.508 e. The number of nitrogens with zero attached hydrogens (tertiary/aromatic N) is 2. The van der Waals surface area contributed by atoms with Gasteiger partial charge in [0, 0.05) is 38.4 Å². The average Bonchev–Trinajstić information content (AvgIpc) is 2.65. The van der Waals surface area contributed by atoms with Gasteiger partial charge in [0.1, 0.15) is 11.6 Å². The summed E-state index contributed by atoms with van der Waals surface area (Å²) in [5, 5.41) is 12.3. The molecule has 1 aliphatic heterocycles. The van der Waals surface area contributed by atoms with Gasteiger partial charge in [-0.1, -0.05) is 12.1 Å². The molecule has 0 spiro atoms. The second-order valence-corrected chi connectivity index (χ2v) is 6.51. The molecule has 1 amide bonds. The molecule has 0 aromatic heterocycles. The maximum Gasteiger partial charge on any atom is 0.234 e. The van der Waals surface area contributed by atoms with Crippen LogP contribution in [0.25, 0.3) is 0 Å². The van der Waals surface area contributed by atoms with Gasteiger partial charge in [0.2, 0.25) is 5.91 Å². The van der Waals surface area contributed by atoms with Crippen LogP contribution in [0.5, 0.6) is 5.75 Å². The van der Waals surface area contributed by atoms with Crippen LogP contribution in [0.2, 0.25) is 0 Å². The molecule has 1 heterocycles. The minimum absolute atomic E-state index is 0.0187. The van der Waals surface area contributed by atoms with E-state index in [-0.39, 0.29) is 17.5 Å². The predicted octanol–water partition coefficient (Wildman–Crippen LogP) is 2.01. The normalized spacial score (nSPS) is 15.0. The van der Waals surface area contributed by atoms with E-state index >= 15 is 0 Å². The first-order valence-electron chi connectivity index (χ1n) is 8.87. The molecular weight excluding hydrogens is 333 g/mol. The van der Waals surface area contributed by atoms with E-state index in [0.717, 1.165) is 37.4 Å². The van der Waals surface area contributed by atoms with Gasteiger partial charge in [-0.05, 0) is 48.4 Å². The fourth-order valence-corrected chi connectivity index (χ4v) is 3.08. The topological polar surface area (TPSA) is 55.8 Å². The van der Waals surface area contributed by atoms with E-state index in [1.54, 1.807) is 24.3 Å². The number of piperazine rings is 1. The zero-order valence-electron chi connectivity index (χ0n) is 14.7. The summed E-state index contributed by atoms with van der Waals surface area (Å²) in [7, 11) is 0. The summed E-state index contributed by atoms with van der Waals surface area (Å²) in [6.07, 6.45) is 0.695. The molecule has 0 unspecified atom stereocenters. The van der Waals surface area contributed by atoms with Crippen molar-refractivity contribution in [3.8, 4) is 5.75 Å². The number of halogens is 1. The summed E-state index contributed by atoms with van der Waals surface area (Å²) >= 11 is 0. The van der Waals surface area contributed by atoms with Crippen molar-refractivity contribution in [1.82, 2.24) is 10.2 Å². The molecule has 138 valence electrons. The standard InChI is InChI=1S/C20H24FN3O2/c21-17-3-1-16(2-4-17)9-10-22-20(26)15-23-11-13-24(14-12-23)18-5-7-19(25)8-6-18/h1-8,25H,9-15H2,(H,22,26). The zero-order valence-corrected chi connectivity index (χ0v) is 14.7. The van der Waals surface area contributed by atoms with Gasteiger partial charge in [-0.2, -0.15) is 0 Å². The highest BCUT2D eigenvalue weighted by Crippen LogP contribution is 2.19. The van der Waals surface area contributed by atoms with Crippen LogP contribution in [0.3, 0.4) is 0 Å². The molecule has 1 fully saturated rings. The summed E-state index contributed by atoms with van der Waals surface area (Å²) in [5.74, 6) is 0.0409. The van der Waals surface area contributed by atoms with Gasteiger partial charge in [-0.15, -0.1) is 0 Å². The van der Waals surface area contributed by atoms with Crippen molar-refractivity contribution in [3.05, 3.63) is 59.9 Å². The molecule has 5 nitrogen and oxygen atoms in total. The second kappa shape index (κ2) is 8.67. The van der Waals surface area contributed by atoms with Crippen LogP contribution in [0.4, 0.5) is 10.1 Å². The monoisotopic (exact) mass is 357 g/mol. The van der Waals surface area contributed by atoms with Gasteiger partial charge in [0.15, 0.2) is 0 Å². The second-order valence-electron chi connectivity index (χ2n) is 6.51. The van der Waals surface area contributed by atoms with Crippen LogP contribution in [0.1, 0.15) is 5.56 Å². The third-order valence-electron chi connectivity index (χ3n) is 4.60. The first-order chi connectivity index (χ1) is 12.6. The lowest BCUT2D eigenvalue weighted by Gasteiger charge is -2.35. The molecule has 2 aromatic carbocycles. The number of aromatic hydroxyl groups is 1. The number of hydrogen-bond donors (Lipinski definition) is 2. The number of phenolic OH excluding ortho intramolecular Hbond substituents is 1. The quantitative estimate of drug-likeness (QED) is 0.830. The molecule has 26 heavy (non-hydrogen) atoms. The smallest absolute Gasteiger partial charge is 0.234 e. The van der Waals surface area contributed by atoms with Crippen LogP contribution in [0, 0.1) is 5.82 Å². The Morgan fingerprint density at radius 2 is 1.65 bits per heavy atom. The van der Waals surface area contributed by atoms with Crippen molar-refractivity contribution in [2.45, 2.75) is 6.42 Å². The number of anilines is 1. The summed E-state index contributed by atoms with van der Waals surface area (Å²) in [5.41, 5.74) is 2.10. The first kappa shape index (κ1) is 18.2. The van der Waals surface area contributed by atoms with Crippen LogP contribution in [-0.4, -0.2) is 55.2 Å². The van der Waals surface area contributed by atoms with E-state index in [4.69, 9.17) is 0 Å². The van der Waals surface area contributed by atoms with E-state index in [1.165, 1.54) is 12.1 Å². The van der Waals surface area contributed by atoms with Crippen LogP contribution < -0.4 is 10.2 Å². The number of rotatable bonds is 6. The number of benzene rings is 2. The zero-order chi connectivity index (χ0) is 18.4. The molecular formula is C20H24FN3O2. The molecule has 0 radical (unpaired) electrons. The molecule has 1 saturated heterocycles. The Labute approximate surface area is 153 Å². The first-order valence-corrected chi connectivity index (χ1v) is 8.87. The minimum Gasteiger partial charge on any atom is -0.508 e. The van der Waals surface area contributed by atoms with Crippen molar-refractivity contribution in [2.24, 2.45) is 0 Å². The maximum absolute atomic E-state index is 12.9. The SMILES string of the molecule is O=C(CN1CCN(c2ccc(O)cc2)CC1)NCCc1ccc(F)cc1. The number of hydrogen-bond acceptors (Lipinski definition) is 4. The van der Waals surface area contributed by atoms with Gasteiger partial charge in [0.25, 0.3) is 0 Å². The lowest BCUT2D eigenvalue weighted by atomic mass is 10.1. The van der Waals surface area contributed by atoms with Crippen molar-refractivity contribution < 1.29 is 14.3 Å². The molecule has 3 rings (SSSR count). The Hall–Kier alpha value is -2.60. The number of amides is 1. The fraction of sp³-hybridized carbons (Fsp3) is 0.350. The lowest BCUT2D eigenvalue weighted by molar-refractivity contribution is -0.122. The van der Waals surface area contributed by atoms with E-state index in [2.05, 4.69) is 15.1 Å². The van der Waals surface area contributed by atoms with Gasteiger partial charge >= 0.3 is 0 Å². The van der Waals surface area contributed by atoms with Crippen molar-refractivity contribution in [2.75, 3.05) is 44.2 Å². The molecule has 0 bridgehead atoms. The van der Waals surface area contributed by atoms with Crippen molar-refractivity contribution in [1.29, 1.82) is 0 Å². The lowest BCUT2D eigenvalue weighted by Crippen LogP contribution is -2.49. The Balaban J connectivity index is 1.36. The highest BCUT2D eigenvalue weighted by atomic mass is 19.1. The maximum atomic E-state index is 12.9. The summed E-state index contributed by atoms with van der Waals surface area (Å²) < 4.78 is 12.9. The summed E-state index contributed by atoms with van der Waals surface area (Å²) in [4.78, 5) is 16.5. The number of phenols is 1. The molecule has 2 aromatic rings. The number of carbonyl (C=O) groups excluding carboxylic acids is 1. The highest BCUT2D eigenvalue weighted by molar-refractivity contribution is 5.78. The van der Waals surface area contributed by atoms with E-state index in [0.29, 0.717) is 19.5 Å². The van der Waals surface area contributed by atoms with Gasteiger partial charge in [-0.3, -0.25) is 9.69 Å². The Bertz CT molecular complexity index is 711. The molecule has 6 heteroatoms. The average molecular weight is 357 g/mol. The molecule has 0 saturated carbocycles. The Kier molecular flexibility index (Phi) is 6.07. The van der Waals surface area contributed by atoms with E-state index in [9.17, 15) is 14.3 Å². The third-order valence-corrected chi connectivity index (χ3v) is 4.60. The number of carbonyl (C=O) groups is 1. The van der Waals surface area contributed by atoms with Gasteiger partial charge < -0.3 is 15.3 Å². The Morgan fingerprint density at radius 1 is 1.00 bits per heavy atom. The van der Waals surface area contributed by atoms with Crippen molar-refractivity contribution >= 4 is 11.6 Å². The van der Waals surface area contributed by atoms with Crippen molar-refractivity contribution in [3.63, 3.8) is 0 Å². The van der Waals surface area contributed by atoms with Crippen LogP contribution >= 0.6 is 0 Å². The number of nitrogens with one attached hydrogen (secondary N) is 1.